The zero-order chi connectivity index (χ0) is 26.8. The summed E-state index contributed by atoms with van der Waals surface area (Å²) in [4.78, 5) is 19.6. The Morgan fingerprint density at radius 1 is 1.00 bits per heavy atom. The average molecular weight is 524 g/mol. The van der Waals surface area contributed by atoms with E-state index in [0.717, 1.165) is 22.8 Å². The molecule has 2 atom stereocenters. The second-order valence-electron chi connectivity index (χ2n) is 9.94. The number of amides is 1. The first kappa shape index (κ1) is 25.7. The minimum Gasteiger partial charge on any atom is -0.352 e. The van der Waals surface area contributed by atoms with Gasteiger partial charge in [0.15, 0.2) is 5.11 Å². The van der Waals surface area contributed by atoms with Crippen LogP contribution in [-0.4, -0.2) is 32.0 Å². The molecule has 0 spiro atoms. The van der Waals surface area contributed by atoms with Gasteiger partial charge in [-0.25, -0.2) is 0 Å². The summed E-state index contributed by atoms with van der Waals surface area (Å²) in [5, 5.41) is 7.14. The molecule has 5 rings (SSSR count). The van der Waals surface area contributed by atoms with Crippen LogP contribution in [0.4, 0.5) is 5.69 Å². The van der Waals surface area contributed by atoms with Crippen molar-refractivity contribution in [3.05, 3.63) is 113 Å². The van der Waals surface area contributed by atoms with Gasteiger partial charge in [0.2, 0.25) is 5.91 Å². The third-order valence-electron chi connectivity index (χ3n) is 7.23. The van der Waals surface area contributed by atoms with Crippen LogP contribution in [0.25, 0.3) is 5.69 Å². The van der Waals surface area contributed by atoms with Gasteiger partial charge in [0, 0.05) is 41.9 Å². The number of benzene rings is 2. The largest absolute Gasteiger partial charge is 0.352 e. The highest BCUT2D eigenvalue weighted by atomic mass is 32.1. The molecule has 0 unspecified atom stereocenters. The van der Waals surface area contributed by atoms with Gasteiger partial charge in [-0.05, 0) is 93.0 Å². The third-order valence-corrected chi connectivity index (χ3v) is 7.58. The van der Waals surface area contributed by atoms with Crippen LogP contribution < -0.4 is 10.6 Å². The molecule has 38 heavy (non-hydrogen) atoms. The maximum atomic E-state index is 12.8. The third kappa shape index (κ3) is 5.07. The van der Waals surface area contributed by atoms with E-state index in [0.29, 0.717) is 18.1 Å². The fraction of sp³-hybridized carbons (Fsp3) is 0.258. The van der Waals surface area contributed by atoms with Crippen molar-refractivity contribution in [2.24, 2.45) is 0 Å². The number of aromatic nitrogens is 2. The van der Waals surface area contributed by atoms with Gasteiger partial charge in [-0.3, -0.25) is 9.78 Å². The molecule has 1 aliphatic heterocycles. The average Bonchev–Trinajstić information content (AvgIpc) is 3.39. The van der Waals surface area contributed by atoms with Crippen LogP contribution in [0, 0.1) is 27.7 Å². The molecule has 2 aromatic carbocycles. The molecule has 7 heteroatoms. The first-order valence-electron chi connectivity index (χ1n) is 12.9. The second-order valence-corrected chi connectivity index (χ2v) is 10.3. The van der Waals surface area contributed by atoms with E-state index < -0.39 is 0 Å². The molecule has 2 aromatic heterocycles. The lowest BCUT2D eigenvalue weighted by Crippen LogP contribution is -2.32. The zero-order valence-corrected chi connectivity index (χ0v) is 23.0. The van der Waals surface area contributed by atoms with Crippen LogP contribution in [0.2, 0.25) is 0 Å². The molecule has 0 saturated carbocycles. The van der Waals surface area contributed by atoms with Crippen LogP contribution >= 0.6 is 12.2 Å². The number of anilines is 1. The molecule has 6 nitrogen and oxygen atoms in total. The van der Waals surface area contributed by atoms with E-state index >= 15 is 0 Å². The van der Waals surface area contributed by atoms with Crippen LogP contribution in [-0.2, 0) is 4.79 Å². The van der Waals surface area contributed by atoms with Gasteiger partial charge < -0.3 is 20.1 Å². The monoisotopic (exact) mass is 523 g/mol. The molecular formula is C31H33N5OS. The van der Waals surface area contributed by atoms with E-state index in [9.17, 15) is 4.79 Å². The van der Waals surface area contributed by atoms with E-state index in [1.54, 1.807) is 0 Å². The van der Waals surface area contributed by atoms with Gasteiger partial charge in [0.1, 0.15) is 0 Å². The highest BCUT2D eigenvalue weighted by molar-refractivity contribution is 7.80. The highest BCUT2D eigenvalue weighted by Crippen LogP contribution is 2.41. The number of nitrogens with zero attached hydrogens (tertiary/aromatic N) is 3. The number of aryl methyl sites for hydroxylation is 3. The molecule has 1 fully saturated rings. The van der Waals surface area contributed by atoms with E-state index in [-0.39, 0.29) is 18.0 Å². The molecule has 1 amide bonds. The number of carbonyl (C=O) groups is 1. The Balaban J connectivity index is 1.50. The van der Waals surface area contributed by atoms with Crippen molar-refractivity contribution in [3.63, 3.8) is 0 Å². The lowest BCUT2D eigenvalue weighted by atomic mass is 9.96. The SMILES string of the molecule is Cc1ccc(C)c(-n2c(C)cc([C@H]3[C@H](c4ccccn4)NC(=S)N3CCC(=O)Nc3ccccc3)c2C)c1. The summed E-state index contributed by atoms with van der Waals surface area (Å²) in [7, 11) is 0. The minimum absolute atomic E-state index is 0.0418. The summed E-state index contributed by atoms with van der Waals surface area (Å²) in [6.45, 7) is 9.07. The summed E-state index contributed by atoms with van der Waals surface area (Å²) < 4.78 is 2.33. The fourth-order valence-corrected chi connectivity index (χ4v) is 5.70. The van der Waals surface area contributed by atoms with Gasteiger partial charge in [-0.1, -0.05) is 36.4 Å². The molecule has 1 aliphatic rings. The topological polar surface area (TPSA) is 62.2 Å². The van der Waals surface area contributed by atoms with E-state index in [4.69, 9.17) is 12.2 Å². The van der Waals surface area contributed by atoms with Gasteiger partial charge in [0.25, 0.3) is 0 Å². The van der Waals surface area contributed by atoms with Gasteiger partial charge in [-0.2, -0.15) is 0 Å². The van der Waals surface area contributed by atoms with Crippen molar-refractivity contribution >= 4 is 28.9 Å². The molecule has 3 heterocycles. The number of para-hydroxylation sites is 1. The van der Waals surface area contributed by atoms with Crippen molar-refractivity contribution in [3.8, 4) is 5.69 Å². The Morgan fingerprint density at radius 3 is 2.50 bits per heavy atom. The lowest BCUT2D eigenvalue weighted by molar-refractivity contribution is -0.116. The van der Waals surface area contributed by atoms with Gasteiger partial charge in [0.05, 0.1) is 17.8 Å². The molecule has 1 saturated heterocycles. The van der Waals surface area contributed by atoms with Crippen LogP contribution in [0.3, 0.4) is 0 Å². The zero-order valence-electron chi connectivity index (χ0n) is 22.2. The van der Waals surface area contributed by atoms with Crippen molar-refractivity contribution in [1.29, 1.82) is 0 Å². The normalized spacial score (nSPS) is 16.9. The standard InChI is InChI=1S/C31H33N5OS/c1-20-13-14-21(2)27(18-20)36-22(3)19-25(23(36)4)30-29(26-12-8-9-16-32-26)34-31(38)35(30)17-15-28(37)33-24-10-6-5-7-11-24/h5-14,16,18-19,29-30H,15,17H2,1-4H3,(H,33,37)(H,34,38)/t29-,30-/m0/s1. The summed E-state index contributed by atoms with van der Waals surface area (Å²) in [5.74, 6) is -0.0418. The Morgan fingerprint density at radius 2 is 1.76 bits per heavy atom. The van der Waals surface area contributed by atoms with Crippen LogP contribution in [0.15, 0.2) is 79.0 Å². The number of thiocarbonyl (C=S) groups is 1. The molecule has 0 bridgehead atoms. The molecule has 0 radical (unpaired) electrons. The minimum atomic E-state index is -0.131. The number of hydrogen-bond acceptors (Lipinski definition) is 3. The molecule has 194 valence electrons. The number of rotatable bonds is 7. The smallest absolute Gasteiger partial charge is 0.226 e. The Bertz CT molecular complexity index is 1460. The van der Waals surface area contributed by atoms with Gasteiger partial charge >= 0.3 is 0 Å². The summed E-state index contributed by atoms with van der Waals surface area (Å²) in [5.41, 5.74) is 8.84. The first-order chi connectivity index (χ1) is 18.3. The van der Waals surface area contributed by atoms with Crippen LogP contribution in [0.1, 0.15) is 52.3 Å². The quantitative estimate of drug-likeness (QED) is 0.286. The molecule has 4 aromatic rings. The predicted molar refractivity (Wildman–Crippen MR) is 157 cm³/mol. The Kier molecular flexibility index (Phi) is 7.29. The van der Waals surface area contributed by atoms with Crippen molar-refractivity contribution < 1.29 is 4.79 Å². The van der Waals surface area contributed by atoms with Gasteiger partial charge in [-0.15, -0.1) is 0 Å². The predicted octanol–water partition coefficient (Wildman–Crippen LogP) is 6.11. The van der Waals surface area contributed by atoms with E-state index in [1.165, 1.54) is 22.4 Å². The summed E-state index contributed by atoms with van der Waals surface area (Å²) in [6.07, 6.45) is 2.13. The first-order valence-corrected chi connectivity index (χ1v) is 13.3. The summed E-state index contributed by atoms with van der Waals surface area (Å²) >= 11 is 5.84. The number of hydrogen-bond donors (Lipinski definition) is 2. The number of carbonyl (C=O) groups excluding carboxylic acids is 1. The fourth-order valence-electron chi connectivity index (χ4n) is 5.37. The maximum Gasteiger partial charge on any atom is 0.226 e. The molecule has 2 N–H and O–H groups in total. The highest BCUT2D eigenvalue weighted by Gasteiger charge is 2.41. The van der Waals surface area contributed by atoms with Crippen molar-refractivity contribution in [2.45, 2.75) is 46.2 Å². The van der Waals surface area contributed by atoms with Crippen molar-refractivity contribution in [2.75, 3.05) is 11.9 Å². The number of pyridine rings is 1. The van der Waals surface area contributed by atoms with E-state index in [2.05, 4.69) is 77.0 Å². The maximum absolute atomic E-state index is 12.8. The Labute approximate surface area is 229 Å². The molecule has 0 aliphatic carbocycles. The van der Waals surface area contributed by atoms with E-state index in [1.807, 2.05) is 54.7 Å². The second kappa shape index (κ2) is 10.8. The van der Waals surface area contributed by atoms with Crippen LogP contribution in [0.5, 0.6) is 0 Å². The lowest BCUT2D eigenvalue weighted by Gasteiger charge is -2.28. The number of nitrogens with one attached hydrogen (secondary N) is 2. The van der Waals surface area contributed by atoms with Crippen molar-refractivity contribution in [1.82, 2.24) is 19.8 Å². The Hall–Kier alpha value is -3.97. The molecular weight excluding hydrogens is 490 g/mol. The summed E-state index contributed by atoms with van der Waals surface area (Å²) in [6, 6.07) is 24.1.